The van der Waals surface area contributed by atoms with E-state index in [1.807, 2.05) is 62.4 Å². The molecule has 140 valence electrons. The predicted molar refractivity (Wildman–Crippen MR) is 108 cm³/mol. The zero-order valence-electron chi connectivity index (χ0n) is 16.0. The van der Waals surface area contributed by atoms with Crippen LogP contribution in [-0.4, -0.2) is 22.6 Å². The lowest BCUT2D eigenvalue weighted by atomic mass is 10.1. The number of methoxy groups -OCH3 is 1. The summed E-state index contributed by atoms with van der Waals surface area (Å²) in [6, 6.07) is 15.3. The number of carbonyl (C=O) groups is 1. The molecule has 0 spiro atoms. The highest BCUT2D eigenvalue weighted by Gasteiger charge is 2.18. The second kappa shape index (κ2) is 8.08. The van der Waals surface area contributed by atoms with Crippen LogP contribution in [0.1, 0.15) is 31.3 Å². The first-order valence-corrected chi connectivity index (χ1v) is 8.99. The fraction of sp³-hybridized carbons (Fsp3) is 0.273. The highest BCUT2D eigenvalue weighted by atomic mass is 16.5. The first kappa shape index (κ1) is 18.7. The number of hydrogen-bond donors (Lipinski definition) is 1. The lowest BCUT2D eigenvalue weighted by Crippen LogP contribution is -2.30. The smallest absolute Gasteiger partial charge is 0.224 e. The number of benzene rings is 2. The Kier molecular flexibility index (Phi) is 5.60. The van der Waals surface area contributed by atoms with E-state index in [2.05, 4.69) is 16.5 Å². The Balaban J connectivity index is 1.77. The van der Waals surface area contributed by atoms with Crippen molar-refractivity contribution < 1.29 is 9.53 Å². The predicted octanol–water partition coefficient (Wildman–Crippen LogP) is 4.04. The highest BCUT2D eigenvalue weighted by molar-refractivity contribution is 5.79. The van der Waals surface area contributed by atoms with Gasteiger partial charge >= 0.3 is 0 Å². The van der Waals surface area contributed by atoms with Crippen LogP contribution < -0.4 is 10.1 Å². The van der Waals surface area contributed by atoms with E-state index in [4.69, 9.17) is 9.72 Å². The number of carbonyl (C=O) groups excluding carboxylic acids is 1. The van der Waals surface area contributed by atoms with E-state index in [9.17, 15) is 4.79 Å². The maximum absolute atomic E-state index is 12.5. The van der Waals surface area contributed by atoms with Gasteiger partial charge in [-0.1, -0.05) is 36.4 Å². The molecule has 5 nitrogen and oxygen atoms in total. The summed E-state index contributed by atoms with van der Waals surface area (Å²) in [5.74, 6) is 1.57. The summed E-state index contributed by atoms with van der Waals surface area (Å²) in [4.78, 5) is 17.2. The SMILES string of the molecule is C=C(C)Cn1c(C(C)NC(=O)Cc2ccc(OC)cc2)nc2ccccc21. The molecule has 2 aromatic carbocycles. The van der Waals surface area contributed by atoms with E-state index in [1.165, 1.54) is 0 Å². The third kappa shape index (κ3) is 4.37. The molecule has 1 heterocycles. The van der Waals surface area contributed by atoms with Crippen molar-refractivity contribution in [2.24, 2.45) is 0 Å². The van der Waals surface area contributed by atoms with Gasteiger partial charge in [-0.05, 0) is 43.7 Å². The molecule has 0 bridgehead atoms. The minimum absolute atomic E-state index is 0.0402. The summed E-state index contributed by atoms with van der Waals surface area (Å²) in [6.07, 6.45) is 0.315. The summed E-state index contributed by atoms with van der Waals surface area (Å²) in [7, 11) is 1.63. The van der Waals surface area contributed by atoms with Crippen LogP contribution in [0.5, 0.6) is 5.75 Å². The van der Waals surface area contributed by atoms with Crippen molar-refractivity contribution in [2.75, 3.05) is 7.11 Å². The molecule has 27 heavy (non-hydrogen) atoms. The van der Waals surface area contributed by atoms with Gasteiger partial charge in [0.15, 0.2) is 0 Å². The molecular formula is C22H25N3O2. The van der Waals surface area contributed by atoms with Crippen molar-refractivity contribution in [1.82, 2.24) is 14.9 Å². The van der Waals surface area contributed by atoms with E-state index in [-0.39, 0.29) is 11.9 Å². The second-order valence-electron chi connectivity index (χ2n) is 6.82. The van der Waals surface area contributed by atoms with Gasteiger partial charge in [-0.2, -0.15) is 0 Å². The van der Waals surface area contributed by atoms with Crippen LogP contribution in [0.25, 0.3) is 11.0 Å². The molecular weight excluding hydrogens is 338 g/mol. The zero-order valence-corrected chi connectivity index (χ0v) is 16.0. The van der Waals surface area contributed by atoms with Gasteiger partial charge < -0.3 is 14.6 Å². The molecule has 3 rings (SSSR count). The number of amides is 1. The summed E-state index contributed by atoms with van der Waals surface area (Å²) in [5.41, 5.74) is 3.95. The Morgan fingerprint density at radius 1 is 1.22 bits per heavy atom. The van der Waals surface area contributed by atoms with Crippen LogP contribution >= 0.6 is 0 Å². The first-order chi connectivity index (χ1) is 13.0. The molecule has 1 amide bonds. The van der Waals surface area contributed by atoms with Crippen molar-refractivity contribution in [3.05, 3.63) is 72.1 Å². The maximum Gasteiger partial charge on any atom is 0.224 e. The molecule has 5 heteroatoms. The molecule has 0 aliphatic rings. The van der Waals surface area contributed by atoms with E-state index in [0.717, 1.165) is 33.7 Å². The average Bonchev–Trinajstić information content (AvgIpc) is 3.00. The van der Waals surface area contributed by atoms with Gasteiger partial charge in [-0.3, -0.25) is 4.79 Å². The second-order valence-corrected chi connectivity index (χ2v) is 6.82. The minimum atomic E-state index is -0.206. The summed E-state index contributed by atoms with van der Waals surface area (Å²) in [6.45, 7) is 8.65. The lowest BCUT2D eigenvalue weighted by Gasteiger charge is -2.16. The standard InChI is InChI=1S/C22H25N3O2/c1-15(2)14-25-20-8-6-5-7-19(20)24-22(25)16(3)23-21(26)13-17-9-11-18(27-4)12-10-17/h5-12,16H,1,13-14H2,2-4H3,(H,23,26). The summed E-state index contributed by atoms with van der Waals surface area (Å²) >= 11 is 0. The fourth-order valence-electron chi connectivity index (χ4n) is 3.15. The maximum atomic E-state index is 12.5. The third-order valence-corrected chi connectivity index (χ3v) is 4.40. The average molecular weight is 363 g/mol. The Hall–Kier alpha value is -3.08. The van der Waals surface area contributed by atoms with Gasteiger partial charge in [-0.15, -0.1) is 0 Å². The highest BCUT2D eigenvalue weighted by Crippen LogP contribution is 2.22. The molecule has 1 atom stereocenters. The number of imidazole rings is 1. The van der Waals surface area contributed by atoms with Gasteiger partial charge in [0.05, 0.1) is 30.6 Å². The van der Waals surface area contributed by atoms with E-state index in [1.54, 1.807) is 7.11 Å². The van der Waals surface area contributed by atoms with Crippen LogP contribution in [0.4, 0.5) is 0 Å². The van der Waals surface area contributed by atoms with Crippen LogP contribution in [0.3, 0.4) is 0 Å². The van der Waals surface area contributed by atoms with E-state index in [0.29, 0.717) is 13.0 Å². The molecule has 0 aliphatic carbocycles. The Morgan fingerprint density at radius 3 is 2.59 bits per heavy atom. The third-order valence-electron chi connectivity index (χ3n) is 4.40. The van der Waals surface area contributed by atoms with Crippen LogP contribution in [0.2, 0.25) is 0 Å². The number of ether oxygens (including phenoxy) is 1. The summed E-state index contributed by atoms with van der Waals surface area (Å²) < 4.78 is 7.27. The van der Waals surface area contributed by atoms with Crippen LogP contribution in [-0.2, 0) is 17.8 Å². The number of hydrogen-bond acceptors (Lipinski definition) is 3. The number of aromatic nitrogens is 2. The normalized spacial score (nSPS) is 12.0. The van der Waals surface area contributed by atoms with Gasteiger partial charge in [-0.25, -0.2) is 4.98 Å². The van der Waals surface area contributed by atoms with Crippen molar-refractivity contribution in [3.63, 3.8) is 0 Å². The molecule has 0 radical (unpaired) electrons. The Morgan fingerprint density at radius 2 is 1.93 bits per heavy atom. The molecule has 3 aromatic rings. The molecule has 0 saturated carbocycles. The number of allylic oxidation sites excluding steroid dienone is 1. The molecule has 0 saturated heterocycles. The Labute approximate surface area is 159 Å². The van der Waals surface area contributed by atoms with E-state index >= 15 is 0 Å². The molecule has 0 fully saturated rings. The van der Waals surface area contributed by atoms with Crippen molar-refractivity contribution in [1.29, 1.82) is 0 Å². The summed E-state index contributed by atoms with van der Waals surface area (Å²) in [5, 5.41) is 3.06. The van der Waals surface area contributed by atoms with E-state index < -0.39 is 0 Å². The van der Waals surface area contributed by atoms with Gasteiger partial charge in [0.1, 0.15) is 11.6 Å². The lowest BCUT2D eigenvalue weighted by molar-refractivity contribution is -0.121. The van der Waals surface area contributed by atoms with Gasteiger partial charge in [0.25, 0.3) is 0 Å². The zero-order chi connectivity index (χ0) is 19.4. The van der Waals surface area contributed by atoms with Crippen molar-refractivity contribution in [2.45, 2.75) is 32.9 Å². The van der Waals surface area contributed by atoms with Crippen molar-refractivity contribution >= 4 is 16.9 Å². The molecule has 1 aromatic heterocycles. The monoisotopic (exact) mass is 363 g/mol. The number of para-hydroxylation sites is 2. The largest absolute Gasteiger partial charge is 0.497 e. The number of nitrogens with zero attached hydrogens (tertiary/aromatic N) is 2. The van der Waals surface area contributed by atoms with Gasteiger partial charge in [0, 0.05) is 6.54 Å². The van der Waals surface area contributed by atoms with Crippen LogP contribution in [0, 0.1) is 0 Å². The molecule has 1 N–H and O–H groups in total. The topological polar surface area (TPSA) is 56.2 Å². The quantitative estimate of drug-likeness (QED) is 0.645. The number of nitrogens with one attached hydrogen (secondary N) is 1. The minimum Gasteiger partial charge on any atom is -0.497 e. The fourth-order valence-corrected chi connectivity index (χ4v) is 3.15. The number of fused-ring (bicyclic) bond motifs is 1. The Bertz CT molecular complexity index is 957. The van der Waals surface area contributed by atoms with Crippen molar-refractivity contribution in [3.8, 4) is 5.75 Å². The van der Waals surface area contributed by atoms with Gasteiger partial charge in [0.2, 0.25) is 5.91 Å². The number of rotatable bonds is 7. The van der Waals surface area contributed by atoms with Crippen LogP contribution in [0.15, 0.2) is 60.7 Å². The first-order valence-electron chi connectivity index (χ1n) is 8.99. The molecule has 0 aliphatic heterocycles. The molecule has 1 unspecified atom stereocenters.